The molecular formula is C13H24N6O2. The van der Waals surface area contributed by atoms with E-state index in [1.54, 1.807) is 14.0 Å². The van der Waals surface area contributed by atoms with E-state index in [4.69, 9.17) is 10.6 Å². The van der Waals surface area contributed by atoms with Crippen molar-refractivity contribution in [3.63, 3.8) is 0 Å². The lowest BCUT2D eigenvalue weighted by molar-refractivity contribution is -0.121. The summed E-state index contributed by atoms with van der Waals surface area (Å²) in [4.78, 5) is 20.2. The molecule has 8 nitrogen and oxygen atoms in total. The van der Waals surface area contributed by atoms with Gasteiger partial charge in [-0.2, -0.15) is 0 Å². The van der Waals surface area contributed by atoms with Gasteiger partial charge in [0.05, 0.1) is 6.61 Å². The van der Waals surface area contributed by atoms with Gasteiger partial charge < -0.3 is 20.8 Å². The third-order valence-electron chi connectivity index (χ3n) is 2.95. The molecular weight excluding hydrogens is 272 g/mol. The predicted octanol–water partition coefficient (Wildman–Crippen LogP) is 0.449. The van der Waals surface area contributed by atoms with Gasteiger partial charge in [0.25, 0.3) is 0 Å². The molecule has 1 aromatic heterocycles. The first kappa shape index (κ1) is 17.1. The molecule has 0 fully saturated rings. The van der Waals surface area contributed by atoms with E-state index in [1.807, 2.05) is 13.8 Å². The van der Waals surface area contributed by atoms with Gasteiger partial charge in [0.1, 0.15) is 24.0 Å². The lowest BCUT2D eigenvalue weighted by atomic mass is 10.0. The molecule has 21 heavy (non-hydrogen) atoms. The van der Waals surface area contributed by atoms with E-state index in [-0.39, 0.29) is 11.8 Å². The van der Waals surface area contributed by atoms with Gasteiger partial charge in [-0.25, -0.2) is 15.8 Å². The monoisotopic (exact) mass is 296 g/mol. The quantitative estimate of drug-likeness (QED) is 0.313. The zero-order valence-electron chi connectivity index (χ0n) is 12.9. The van der Waals surface area contributed by atoms with Crippen LogP contribution in [0.3, 0.4) is 0 Å². The van der Waals surface area contributed by atoms with Crippen LogP contribution in [0.5, 0.6) is 0 Å². The number of aromatic nitrogens is 2. The maximum absolute atomic E-state index is 11.9. The third kappa shape index (κ3) is 4.83. The van der Waals surface area contributed by atoms with Crippen LogP contribution in [0.25, 0.3) is 0 Å². The summed E-state index contributed by atoms with van der Waals surface area (Å²) in [6.07, 6.45) is 1.40. The molecule has 5 N–H and O–H groups in total. The number of carbonyl (C=O) groups is 1. The Morgan fingerprint density at radius 1 is 1.33 bits per heavy atom. The molecule has 1 amide bonds. The number of nitrogens with two attached hydrogens (primary N) is 1. The Kier molecular flexibility index (Phi) is 6.83. The standard InChI is InChI=1S/C13H24N6O2/c1-8(2)10-11(16-7-17-12(10)19-14)18-9(3)13(20)15-5-6-21-4/h7-9H,5-6,14H2,1-4H3,(H,15,20)(H2,16,17,18,19). The predicted molar refractivity (Wildman–Crippen MR) is 81.9 cm³/mol. The summed E-state index contributed by atoms with van der Waals surface area (Å²) in [5.41, 5.74) is 3.40. The Morgan fingerprint density at radius 3 is 2.57 bits per heavy atom. The van der Waals surface area contributed by atoms with Gasteiger partial charge in [-0.05, 0) is 12.8 Å². The lowest BCUT2D eigenvalue weighted by Gasteiger charge is -2.19. The van der Waals surface area contributed by atoms with Crippen molar-refractivity contribution < 1.29 is 9.53 Å². The Balaban J connectivity index is 2.80. The second-order valence-corrected chi connectivity index (χ2v) is 4.93. The number of hydrogen-bond donors (Lipinski definition) is 4. The average Bonchev–Trinajstić information content (AvgIpc) is 2.46. The molecule has 1 rings (SSSR count). The molecule has 0 spiro atoms. The molecule has 0 radical (unpaired) electrons. The van der Waals surface area contributed by atoms with Crippen LogP contribution in [0.1, 0.15) is 32.3 Å². The van der Waals surface area contributed by atoms with Crippen molar-refractivity contribution in [2.24, 2.45) is 5.84 Å². The minimum absolute atomic E-state index is 0.123. The summed E-state index contributed by atoms with van der Waals surface area (Å²) in [6.45, 7) is 6.73. The second-order valence-electron chi connectivity index (χ2n) is 4.93. The number of carbonyl (C=O) groups excluding carboxylic acids is 1. The van der Waals surface area contributed by atoms with Crippen LogP contribution < -0.4 is 21.9 Å². The van der Waals surface area contributed by atoms with E-state index in [0.29, 0.717) is 24.8 Å². The highest BCUT2D eigenvalue weighted by atomic mass is 16.5. The number of methoxy groups -OCH3 is 1. The summed E-state index contributed by atoms with van der Waals surface area (Å²) in [7, 11) is 1.59. The van der Waals surface area contributed by atoms with E-state index in [9.17, 15) is 4.79 Å². The van der Waals surface area contributed by atoms with Crippen LogP contribution in [-0.4, -0.2) is 42.2 Å². The molecule has 8 heteroatoms. The van der Waals surface area contributed by atoms with Crippen LogP contribution in [-0.2, 0) is 9.53 Å². The van der Waals surface area contributed by atoms with E-state index in [0.717, 1.165) is 5.56 Å². The van der Waals surface area contributed by atoms with Crippen LogP contribution in [0.15, 0.2) is 6.33 Å². The van der Waals surface area contributed by atoms with E-state index >= 15 is 0 Å². The van der Waals surface area contributed by atoms with Gasteiger partial charge in [-0.15, -0.1) is 0 Å². The largest absolute Gasteiger partial charge is 0.383 e. The molecule has 1 heterocycles. The maximum Gasteiger partial charge on any atom is 0.242 e. The molecule has 1 unspecified atom stereocenters. The third-order valence-corrected chi connectivity index (χ3v) is 2.95. The molecule has 0 aliphatic rings. The summed E-state index contributed by atoms with van der Waals surface area (Å²) in [5, 5.41) is 5.86. The summed E-state index contributed by atoms with van der Waals surface area (Å²) < 4.78 is 4.89. The Labute approximate surface area is 124 Å². The first-order valence-corrected chi connectivity index (χ1v) is 6.85. The second kappa shape index (κ2) is 8.38. The van der Waals surface area contributed by atoms with Crippen molar-refractivity contribution in [2.45, 2.75) is 32.7 Å². The van der Waals surface area contributed by atoms with Crippen molar-refractivity contribution in [1.82, 2.24) is 15.3 Å². The molecule has 0 aliphatic carbocycles. The van der Waals surface area contributed by atoms with Gasteiger partial charge in [0.2, 0.25) is 5.91 Å². The highest BCUT2D eigenvalue weighted by Gasteiger charge is 2.18. The van der Waals surface area contributed by atoms with Gasteiger partial charge in [-0.1, -0.05) is 13.8 Å². The Bertz CT molecular complexity index is 466. The maximum atomic E-state index is 11.9. The van der Waals surface area contributed by atoms with Crippen LogP contribution in [0.2, 0.25) is 0 Å². The fourth-order valence-electron chi connectivity index (χ4n) is 1.87. The van der Waals surface area contributed by atoms with E-state index in [1.165, 1.54) is 6.33 Å². The SMILES string of the molecule is COCCNC(=O)C(C)Nc1ncnc(NN)c1C(C)C. The normalized spacial score (nSPS) is 12.1. The van der Waals surface area contributed by atoms with Crippen LogP contribution in [0.4, 0.5) is 11.6 Å². The first-order chi connectivity index (χ1) is 10.0. The minimum atomic E-state index is -0.431. The fraction of sp³-hybridized carbons (Fsp3) is 0.615. The lowest BCUT2D eigenvalue weighted by Crippen LogP contribution is -2.39. The molecule has 0 aliphatic heterocycles. The van der Waals surface area contributed by atoms with Crippen LogP contribution in [0, 0.1) is 0 Å². The van der Waals surface area contributed by atoms with Crippen molar-refractivity contribution >= 4 is 17.5 Å². The van der Waals surface area contributed by atoms with Crippen molar-refractivity contribution in [2.75, 3.05) is 31.0 Å². The number of ether oxygens (including phenoxy) is 1. The zero-order valence-corrected chi connectivity index (χ0v) is 12.9. The molecule has 0 bridgehead atoms. The molecule has 1 atom stereocenters. The van der Waals surface area contributed by atoms with Crippen molar-refractivity contribution in [3.05, 3.63) is 11.9 Å². The number of nitrogens with zero attached hydrogens (tertiary/aromatic N) is 2. The number of nitrogen functional groups attached to an aromatic ring is 1. The summed E-state index contributed by atoms with van der Waals surface area (Å²) in [5.74, 6) is 6.65. The fourth-order valence-corrected chi connectivity index (χ4v) is 1.87. The highest BCUT2D eigenvalue weighted by molar-refractivity contribution is 5.84. The topological polar surface area (TPSA) is 114 Å². The number of anilines is 2. The van der Waals surface area contributed by atoms with Gasteiger partial charge in [0, 0.05) is 19.2 Å². The average molecular weight is 296 g/mol. The van der Waals surface area contributed by atoms with E-state index in [2.05, 4.69) is 26.0 Å². The molecule has 0 saturated heterocycles. The first-order valence-electron chi connectivity index (χ1n) is 6.85. The number of nitrogens with one attached hydrogen (secondary N) is 3. The zero-order chi connectivity index (χ0) is 15.8. The minimum Gasteiger partial charge on any atom is -0.383 e. The molecule has 1 aromatic rings. The van der Waals surface area contributed by atoms with Gasteiger partial charge in [0.15, 0.2) is 0 Å². The molecule has 0 saturated carbocycles. The van der Waals surface area contributed by atoms with E-state index < -0.39 is 6.04 Å². The highest BCUT2D eigenvalue weighted by Crippen LogP contribution is 2.27. The Morgan fingerprint density at radius 2 is 2.00 bits per heavy atom. The summed E-state index contributed by atoms with van der Waals surface area (Å²) >= 11 is 0. The number of hydrogen-bond acceptors (Lipinski definition) is 7. The van der Waals surface area contributed by atoms with Gasteiger partial charge >= 0.3 is 0 Å². The van der Waals surface area contributed by atoms with Gasteiger partial charge in [-0.3, -0.25) is 4.79 Å². The van der Waals surface area contributed by atoms with Crippen LogP contribution >= 0.6 is 0 Å². The molecule has 0 aromatic carbocycles. The number of amides is 1. The van der Waals surface area contributed by atoms with Crippen molar-refractivity contribution in [3.8, 4) is 0 Å². The molecule has 118 valence electrons. The smallest absolute Gasteiger partial charge is 0.242 e. The Hall–Kier alpha value is -1.93. The number of rotatable bonds is 8. The number of hydrazine groups is 1. The van der Waals surface area contributed by atoms with Crippen molar-refractivity contribution in [1.29, 1.82) is 0 Å². The summed E-state index contributed by atoms with van der Waals surface area (Å²) in [6, 6.07) is -0.431.